The zero-order valence-electron chi connectivity index (χ0n) is 18.8. The number of nitro groups is 1. The van der Waals surface area contributed by atoms with Gasteiger partial charge >= 0.3 is 5.97 Å². The monoisotopic (exact) mass is 466 g/mol. The number of carbonyl (C=O) groups excluding carboxylic acids is 2. The van der Waals surface area contributed by atoms with Gasteiger partial charge in [0, 0.05) is 28.8 Å². The van der Waals surface area contributed by atoms with Gasteiger partial charge in [-0.2, -0.15) is 0 Å². The van der Waals surface area contributed by atoms with E-state index in [9.17, 15) is 19.7 Å². The van der Waals surface area contributed by atoms with Crippen LogP contribution in [0.1, 0.15) is 49.9 Å². The van der Waals surface area contributed by atoms with E-state index in [2.05, 4.69) is 12.1 Å². The number of rotatable bonds is 6. The molecular formula is C28H22N2O5. The summed E-state index contributed by atoms with van der Waals surface area (Å²) < 4.78 is 5.49. The first-order valence-electron chi connectivity index (χ1n) is 11.4. The van der Waals surface area contributed by atoms with Gasteiger partial charge in [-0.25, -0.2) is 4.79 Å². The third-order valence-corrected chi connectivity index (χ3v) is 6.47. The molecule has 0 radical (unpaired) electrons. The number of ether oxygens (including phenoxy) is 1. The second kappa shape index (κ2) is 9.46. The zero-order valence-corrected chi connectivity index (χ0v) is 18.8. The SMILES string of the molecule is O=C(COC(=O)c1c2c(nc3ccccc13)CCC(c1ccccc1)C2)c1ccc([N+](=O)[O-])cc1. The molecule has 0 aliphatic heterocycles. The molecule has 0 bridgehead atoms. The summed E-state index contributed by atoms with van der Waals surface area (Å²) in [6.45, 7) is -0.454. The molecule has 0 fully saturated rings. The number of hydrogen-bond donors (Lipinski definition) is 0. The highest BCUT2D eigenvalue weighted by Gasteiger charge is 2.28. The van der Waals surface area contributed by atoms with Gasteiger partial charge in [-0.3, -0.25) is 19.9 Å². The molecule has 0 spiro atoms. The molecule has 1 atom stereocenters. The van der Waals surface area contributed by atoms with Crippen molar-refractivity contribution in [2.24, 2.45) is 0 Å². The van der Waals surface area contributed by atoms with Gasteiger partial charge < -0.3 is 4.74 Å². The first-order valence-corrected chi connectivity index (χ1v) is 11.4. The normalized spacial score (nSPS) is 14.8. The van der Waals surface area contributed by atoms with Crippen molar-refractivity contribution in [3.63, 3.8) is 0 Å². The molecule has 0 saturated carbocycles. The summed E-state index contributed by atoms with van der Waals surface area (Å²) in [6.07, 6.45) is 2.36. The lowest BCUT2D eigenvalue weighted by Gasteiger charge is -2.26. The fourth-order valence-corrected chi connectivity index (χ4v) is 4.69. The van der Waals surface area contributed by atoms with Crippen LogP contribution in [0.5, 0.6) is 0 Å². The van der Waals surface area contributed by atoms with E-state index in [4.69, 9.17) is 9.72 Å². The molecule has 1 heterocycles. The quantitative estimate of drug-likeness (QED) is 0.162. The Bertz CT molecular complexity index is 1430. The highest BCUT2D eigenvalue weighted by molar-refractivity contribution is 6.06. The van der Waals surface area contributed by atoms with Crippen molar-refractivity contribution in [2.75, 3.05) is 6.61 Å². The average Bonchev–Trinajstić information content (AvgIpc) is 2.90. The maximum atomic E-state index is 13.4. The molecule has 5 rings (SSSR count). The standard InChI is InChI=1S/C28H22N2O5/c31-26(19-10-13-21(14-11-19)30(33)34)17-35-28(32)27-22-8-4-5-9-24(22)29-25-15-12-20(16-23(25)27)18-6-2-1-3-7-18/h1-11,13-14,20H,12,15-17H2. The van der Waals surface area contributed by atoms with Crippen LogP contribution in [0.15, 0.2) is 78.9 Å². The molecule has 0 N–H and O–H groups in total. The largest absolute Gasteiger partial charge is 0.454 e. The Balaban J connectivity index is 1.43. The molecule has 1 unspecified atom stereocenters. The first-order chi connectivity index (χ1) is 17.0. The number of nitro benzene ring substituents is 1. The van der Waals surface area contributed by atoms with Crippen molar-refractivity contribution in [3.8, 4) is 0 Å². The van der Waals surface area contributed by atoms with Crippen molar-refractivity contribution >= 4 is 28.3 Å². The van der Waals surface area contributed by atoms with Crippen LogP contribution < -0.4 is 0 Å². The number of ketones is 1. The van der Waals surface area contributed by atoms with Gasteiger partial charge in [0.05, 0.1) is 16.0 Å². The van der Waals surface area contributed by atoms with Crippen molar-refractivity contribution in [2.45, 2.75) is 25.2 Å². The topological polar surface area (TPSA) is 99.4 Å². The smallest absolute Gasteiger partial charge is 0.339 e. The average molecular weight is 466 g/mol. The zero-order chi connectivity index (χ0) is 24.4. The number of non-ortho nitro benzene ring substituents is 1. The predicted molar refractivity (Wildman–Crippen MR) is 131 cm³/mol. The number of aromatic nitrogens is 1. The number of nitrogens with zero attached hydrogens (tertiary/aromatic N) is 2. The Morgan fingerprint density at radius 3 is 2.43 bits per heavy atom. The molecule has 0 amide bonds. The van der Waals surface area contributed by atoms with E-state index in [0.29, 0.717) is 17.4 Å². The second-order valence-electron chi connectivity index (χ2n) is 8.58. The minimum absolute atomic E-state index is 0.110. The van der Waals surface area contributed by atoms with Gasteiger partial charge in [0.1, 0.15) is 0 Å². The summed E-state index contributed by atoms with van der Waals surface area (Å²) in [5, 5.41) is 11.5. The van der Waals surface area contributed by atoms with E-state index in [1.807, 2.05) is 42.5 Å². The van der Waals surface area contributed by atoms with Crippen molar-refractivity contribution in [1.29, 1.82) is 0 Å². The lowest BCUT2D eigenvalue weighted by molar-refractivity contribution is -0.384. The van der Waals surface area contributed by atoms with Crippen LogP contribution >= 0.6 is 0 Å². The van der Waals surface area contributed by atoms with Crippen LogP contribution in [0.2, 0.25) is 0 Å². The summed E-state index contributed by atoms with van der Waals surface area (Å²) in [5.74, 6) is -0.730. The predicted octanol–water partition coefficient (Wildman–Crippen LogP) is 5.46. The summed E-state index contributed by atoms with van der Waals surface area (Å²) >= 11 is 0. The van der Waals surface area contributed by atoms with Crippen LogP contribution in [0.4, 0.5) is 5.69 Å². The van der Waals surface area contributed by atoms with Crippen molar-refractivity contribution in [1.82, 2.24) is 4.98 Å². The Morgan fingerprint density at radius 2 is 1.69 bits per heavy atom. The summed E-state index contributed by atoms with van der Waals surface area (Å²) in [6, 6.07) is 22.9. The van der Waals surface area contributed by atoms with Crippen molar-refractivity contribution < 1.29 is 19.2 Å². The van der Waals surface area contributed by atoms with Crippen LogP contribution in [0.3, 0.4) is 0 Å². The Labute approximate surface area is 201 Å². The number of hydrogen-bond acceptors (Lipinski definition) is 6. The molecule has 4 aromatic rings. The van der Waals surface area contributed by atoms with Crippen LogP contribution in [0, 0.1) is 10.1 Å². The Kier molecular flexibility index (Phi) is 6.06. The number of benzene rings is 3. The second-order valence-corrected chi connectivity index (χ2v) is 8.58. The van der Waals surface area contributed by atoms with E-state index < -0.39 is 23.3 Å². The highest BCUT2D eigenvalue weighted by Crippen LogP contribution is 2.36. The molecule has 35 heavy (non-hydrogen) atoms. The number of para-hydroxylation sites is 1. The molecule has 174 valence electrons. The highest BCUT2D eigenvalue weighted by atomic mass is 16.6. The van der Waals surface area contributed by atoms with Gasteiger partial charge in [-0.05, 0) is 54.5 Å². The number of pyridine rings is 1. The molecule has 0 saturated heterocycles. The Hall–Kier alpha value is -4.39. The van der Waals surface area contributed by atoms with Crippen LogP contribution in [0.25, 0.3) is 10.9 Å². The number of carbonyl (C=O) groups is 2. The summed E-state index contributed by atoms with van der Waals surface area (Å²) in [7, 11) is 0. The summed E-state index contributed by atoms with van der Waals surface area (Å²) in [5.41, 5.74) is 4.30. The minimum Gasteiger partial charge on any atom is -0.454 e. The Morgan fingerprint density at radius 1 is 0.971 bits per heavy atom. The third kappa shape index (κ3) is 4.53. The van der Waals surface area contributed by atoms with Gasteiger partial charge in [0.25, 0.3) is 5.69 Å². The van der Waals surface area contributed by atoms with Gasteiger partial charge in [-0.15, -0.1) is 0 Å². The molecule has 7 nitrogen and oxygen atoms in total. The fraction of sp³-hybridized carbons (Fsp3) is 0.179. The van der Waals surface area contributed by atoms with E-state index in [0.717, 1.165) is 29.6 Å². The van der Waals surface area contributed by atoms with Gasteiger partial charge in [-0.1, -0.05) is 48.5 Å². The van der Waals surface area contributed by atoms with Crippen LogP contribution in [-0.4, -0.2) is 28.3 Å². The number of fused-ring (bicyclic) bond motifs is 2. The molecule has 1 aliphatic rings. The van der Waals surface area contributed by atoms with Gasteiger partial charge in [0.15, 0.2) is 12.4 Å². The molecular weight excluding hydrogens is 444 g/mol. The molecule has 1 aliphatic carbocycles. The number of Topliss-reactive ketones (excluding diaryl/α,β-unsaturated/α-hetero) is 1. The maximum absolute atomic E-state index is 13.4. The van der Waals surface area contributed by atoms with E-state index >= 15 is 0 Å². The summed E-state index contributed by atoms with van der Waals surface area (Å²) in [4.78, 5) is 41.1. The van der Waals surface area contributed by atoms with E-state index in [1.54, 1.807) is 0 Å². The lowest BCUT2D eigenvalue weighted by Crippen LogP contribution is -2.21. The first kappa shape index (κ1) is 22.4. The maximum Gasteiger partial charge on any atom is 0.339 e. The van der Waals surface area contributed by atoms with Gasteiger partial charge in [0.2, 0.25) is 0 Å². The number of aryl methyl sites for hydroxylation is 1. The van der Waals surface area contributed by atoms with E-state index in [-0.39, 0.29) is 17.2 Å². The molecule has 1 aromatic heterocycles. The lowest BCUT2D eigenvalue weighted by atomic mass is 9.80. The fourth-order valence-electron chi connectivity index (χ4n) is 4.69. The molecule has 7 heteroatoms. The van der Waals surface area contributed by atoms with Crippen molar-refractivity contribution in [3.05, 3.63) is 117 Å². The number of esters is 1. The van der Waals surface area contributed by atoms with Crippen LogP contribution in [-0.2, 0) is 17.6 Å². The molecule has 3 aromatic carbocycles. The third-order valence-electron chi connectivity index (χ3n) is 6.47. The van der Waals surface area contributed by atoms with E-state index in [1.165, 1.54) is 29.8 Å². The minimum atomic E-state index is -0.566.